The van der Waals surface area contributed by atoms with Gasteiger partial charge in [-0.3, -0.25) is 4.90 Å². The molecule has 1 atom stereocenters. The fraction of sp³-hybridized carbons (Fsp3) is 0.588. The first-order valence-electron chi connectivity index (χ1n) is 8.48. The van der Waals surface area contributed by atoms with E-state index in [1.807, 2.05) is 4.68 Å². The van der Waals surface area contributed by atoms with Gasteiger partial charge in [-0.05, 0) is 35.3 Å². The van der Waals surface area contributed by atoms with Crippen molar-refractivity contribution in [1.29, 1.82) is 0 Å². The van der Waals surface area contributed by atoms with Gasteiger partial charge >= 0.3 is 0 Å². The van der Waals surface area contributed by atoms with Gasteiger partial charge in [0.15, 0.2) is 5.82 Å². The predicted molar refractivity (Wildman–Crippen MR) is 87.6 cm³/mol. The highest BCUT2D eigenvalue weighted by Gasteiger charge is 2.21. The highest BCUT2D eigenvalue weighted by Crippen LogP contribution is 2.16. The summed E-state index contributed by atoms with van der Waals surface area (Å²) in [6.07, 6.45) is 3.67. The molecule has 0 amide bonds. The lowest BCUT2D eigenvalue weighted by atomic mass is 10.2. The van der Waals surface area contributed by atoms with E-state index in [4.69, 9.17) is 4.74 Å². The first-order valence-corrected chi connectivity index (χ1v) is 8.48. The predicted octanol–water partition coefficient (Wildman–Crippen LogP) is 2.26. The summed E-state index contributed by atoms with van der Waals surface area (Å²) < 4.78 is 7.73. The van der Waals surface area contributed by atoms with Gasteiger partial charge in [0.1, 0.15) is 0 Å². The minimum Gasteiger partial charge on any atom is -0.377 e. The van der Waals surface area contributed by atoms with Crippen LogP contribution in [0, 0.1) is 0 Å². The van der Waals surface area contributed by atoms with Crippen molar-refractivity contribution < 1.29 is 4.74 Å². The minimum atomic E-state index is 0.328. The van der Waals surface area contributed by atoms with Gasteiger partial charge in [0.2, 0.25) is 0 Å². The van der Waals surface area contributed by atoms with Crippen LogP contribution in [0.3, 0.4) is 0 Å². The second-order valence-corrected chi connectivity index (χ2v) is 6.11. The molecule has 1 saturated heterocycles. The number of tetrazole rings is 1. The number of nitrogens with zero attached hydrogens (tertiary/aromatic N) is 5. The number of aromatic nitrogens is 4. The van der Waals surface area contributed by atoms with E-state index in [-0.39, 0.29) is 0 Å². The van der Waals surface area contributed by atoms with Crippen molar-refractivity contribution in [3.05, 3.63) is 41.7 Å². The summed E-state index contributed by atoms with van der Waals surface area (Å²) in [5.74, 6) is 0.931. The molecule has 1 unspecified atom stereocenters. The Morgan fingerprint density at radius 2 is 2.13 bits per heavy atom. The minimum absolute atomic E-state index is 0.328. The average molecular weight is 315 g/mol. The topological polar surface area (TPSA) is 56.1 Å². The summed E-state index contributed by atoms with van der Waals surface area (Å²) in [5.41, 5.74) is 1.31. The monoisotopic (exact) mass is 315 g/mol. The maximum atomic E-state index is 5.82. The van der Waals surface area contributed by atoms with Crippen molar-refractivity contribution in [2.75, 3.05) is 13.2 Å². The van der Waals surface area contributed by atoms with Crippen LogP contribution >= 0.6 is 0 Å². The first-order chi connectivity index (χ1) is 11.3. The highest BCUT2D eigenvalue weighted by molar-refractivity contribution is 5.14. The zero-order valence-corrected chi connectivity index (χ0v) is 13.8. The van der Waals surface area contributed by atoms with E-state index >= 15 is 0 Å². The van der Waals surface area contributed by atoms with Crippen LogP contribution in [0.15, 0.2) is 30.3 Å². The molecule has 0 bridgehead atoms. The first kappa shape index (κ1) is 16.1. The second-order valence-electron chi connectivity index (χ2n) is 6.11. The van der Waals surface area contributed by atoms with Crippen LogP contribution in [0.2, 0.25) is 0 Å². The van der Waals surface area contributed by atoms with Crippen LogP contribution in [0.5, 0.6) is 0 Å². The molecular formula is C17H25N5O. The molecule has 1 aromatic carbocycles. The van der Waals surface area contributed by atoms with Crippen LogP contribution in [-0.2, 0) is 24.4 Å². The lowest BCUT2D eigenvalue weighted by molar-refractivity contribution is 0.0664. The van der Waals surface area contributed by atoms with Gasteiger partial charge in [0.05, 0.1) is 12.6 Å². The van der Waals surface area contributed by atoms with Crippen molar-refractivity contribution in [3.8, 4) is 0 Å². The van der Waals surface area contributed by atoms with Gasteiger partial charge in [-0.1, -0.05) is 37.3 Å². The molecule has 6 nitrogen and oxygen atoms in total. The molecule has 0 saturated carbocycles. The second kappa shape index (κ2) is 8.17. The maximum absolute atomic E-state index is 5.82. The molecule has 1 aliphatic heterocycles. The van der Waals surface area contributed by atoms with Gasteiger partial charge in [0.25, 0.3) is 0 Å². The molecule has 6 heteroatoms. The van der Waals surface area contributed by atoms with Crippen molar-refractivity contribution in [1.82, 2.24) is 25.1 Å². The van der Waals surface area contributed by atoms with Crippen LogP contribution in [0.25, 0.3) is 0 Å². The summed E-state index contributed by atoms with van der Waals surface area (Å²) in [6.45, 7) is 6.45. The maximum Gasteiger partial charge on any atom is 0.165 e. The molecule has 0 N–H and O–H groups in total. The third kappa shape index (κ3) is 4.59. The van der Waals surface area contributed by atoms with Crippen molar-refractivity contribution in [2.45, 2.75) is 51.9 Å². The number of benzene rings is 1. The van der Waals surface area contributed by atoms with Crippen LogP contribution in [-0.4, -0.2) is 44.4 Å². The lowest BCUT2D eigenvalue weighted by Gasteiger charge is -2.24. The van der Waals surface area contributed by atoms with Crippen molar-refractivity contribution >= 4 is 0 Å². The molecule has 3 rings (SSSR count). The van der Waals surface area contributed by atoms with Gasteiger partial charge in [0, 0.05) is 26.2 Å². The van der Waals surface area contributed by atoms with Crippen molar-refractivity contribution in [3.63, 3.8) is 0 Å². The van der Waals surface area contributed by atoms with E-state index in [2.05, 4.69) is 57.7 Å². The molecule has 0 spiro atoms. The number of aryl methyl sites for hydroxylation is 1. The van der Waals surface area contributed by atoms with E-state index in [9.17, 15) is 0 Å². The molecule has 0 aliphatic carbocycles. The quantitative estimate of drug-likeness (QED) is 0.748. The Morgan fingerprint density at radius 1 is 1.26 bits per heavy atom. The zero-order chi connectivity index (χ0) is 15.9. The molecule has 2 heterocycles. The summed E-state index contributed by atoms with van der Waals surface area (Å²) >= 11 is 0. The SMILES string of the molecule is CCCn1nnnc1CN(Cc1ccccc1)CC1CCCO1. The molecule has 124 valence electrons. The number of hydrogen-bond donors (Lipinski definition) is 0. The van der Waals surface area contributed by atoms with Gasteiger partial charge in [-0.15, -0.1) is 5.10 Å². The van der Waals surface area contributed by atoms with Crippen LogP contribution in [0.4, 0.5) is 0 Å². The summed E-state index contributed by atoms with van der Waals surface area (Å²) in [4.78, 5) is 2.39. The Morgan fingerprint density at radius 3 is 2.87 bits per heavy atom. The smallest absolute Gasteiger partial charge is 0.165 e. The van der Waals surface area contributed by atoms with E-state index in [1.54, 1.807) is 0 Å². The lowest BCUT2D eigenvalue weighted by Crippen LogP contribution is -2.32. The molecule has 1 fully saturated rings. The standard InChI is InChI=1S/C17H25N5O/c1-2-10-22-17(18-19-20-22)14-21(13-16-9-6-11-23-16)12-15-7-4-3-5-8-15/h3-5,7-8,16H,2,6,9-14H2,1H3. The van der Waals surface area contributed by atoms with E-state index in [0.29, 0.717) is 6.10 Å². The van der Waals surface area contributed by atoms with Crippen LogP contribution < -0.4 is 0 Å². The molecule has 2 aromatic rings. The Balaban J connectivity index is 1.69. The Bertz CT molecular complexity index is 580. The van der Waals surface area contributed by atoms with E-state index < -0.39 is 0 Å². The fourth-order valence-corrected chi connectivity index (χ4v) is 3.02. The Kier molecular flexibility index (Phi) is 5.71. The number of hydrogen-bond acceptors (Lipinski definition) is 5. The van der Waals surface area contributed by atoms with Crippen LogP contribution in [0.1, 0.15) is 37.6 Å². The Labute approximate surface area is 137 Å². The molecule has 23 heavy (non-hydrogen) atoms. The fourth-order valence-electron chi connectivity index (χ4n) is 3.02. The summed E-state index contributed by atoms with van der Waals surface area (Å²) in [7, 11) is 0. The van der Waals surface area contributed by atoms with E-state index in [1.165, 1.54) is 5.56 Å². The molecule has 0 radical (unpaired) electrons. The summed E-state index contributed by atoms with van der Waals surface area (Å²) in [6, 6.07) is 10.5. The van der Waals surface area contributed by atoms with Gasteiger partial charge in [-0.2, -0.15) is 0 Å². The molecule has 1 aromatic heterocycles. The van der Waals surface area contributed by atoms with Gasteiger partial charge < -0.3 is 4.74 Å². The zero-order valence-electron chi connectivity index (χ0n) is 13.8. The van der Waals surface area contributed by atoms with Crippen molar-refractivity contribution in [2.24, 2.45) is 0 Å². The molecule has 1 aliphatic rings. The largest absolute Gasteiger partial charge is 0.377 e. The third-order valence-electron chi connectivity index (χ3n) is 4.14. The highest BCUT2D eigenvalue weighted by atomic mass is 16.5. The summed E-state index contributed by atoms with van der Waals surface area (Å²) in [5, 5.41) is 12.1. The average Bonchev–Trinajstić information content (AvgIpc) is 3.21. The number of rotatable bonds is 8. The molecular weight excluding hydrogens is 290 g/mol. The van der Waals surface area contributed by atoms with E-state index in [0.717, 1.165) is 57.9 Å². The number of ether oxygens (including phenoxy) is 1. The van der Waals surface area contributed by atoms with Gasteiger partial charge in [-0.25, -0.2) is 4.68 Å². The normalized spacial score (nSPS) is 17.9. The Hall–Kier alpha value is -1.79. The third-order valence-corrected chi connectivity index (χ3v) is 4.14.